The number of anilines is 3. The van der Waals surface area contributed by atoms with E-state index in [0.717, 1.165) is 34.5 Å². The molecule has 0 spiro atoms. The van der Waals surface area contributed by atoms with Crippen molar-refractivity contribution in [1.82, 2.24) is 0 Å². The molecular weight excluding hydrogens is 354 g/mol. The van der Waals surface area contributed by atoms with Crippen molar-refractivity contribution in [1.29, 1.82) is 0 Å². The normalized spacial score (nSPS) is 10.9. The number of para-hydroxylation sites is 2. The summed E-state index contributed by atoms with van der Waals surface area (Å²) in [6.07, 6.45) is 2.75. The molecule has 1 aromatic heterocycles. The van der Waals surface area contributed by atoms with Crippen LogP contribution in [0, 0.1) is 0 Å². The first kappa shape index (κ1) is 17.3. The largest absolute Gasteiger partial charge is 0.462 e. The third kappa shape index (κ3) is 3.53. The molecule has 0 radical (unpaired) electrons. The molecule has 5 rings (SSSR count). The second-order valence-electron chi connectivity index (χ2n) is 7.12. The first-order valence-electron chi connectivity index (χ1n) is 9.83. The van der Waals surface area contributed by atoms with Gasteiger partial charge in [-0.2, -0.15) is 0 Å². The van der Waals surface area contributed by atoms with Crippen LogP contribution in [-0.2, 0) is 6.42 Å². The minimum atomic E-state index is 0.892. The summed E-state index contributed by atoms with van der Waals surface area (Å²) in [7, 11) is 0. The predicted octanol–water partition coefficient (Wildman–Crippen LogP) is 7.49. The molecule has 0 bridgehead atoms. The molecule has 0 aliphatic heterocycles. The summed E-state index contributed by atoms with van der Waals surface area (Å²) in [6, 6.07) is 37.9. The van der Waals surface area contributed by atoms with E-state index in [1.807, 2.05) is 24.5 Å². The van der Waals surface area contributed by atoms with Crippen LogP contribution >= 0.6 is 0 Å². The van der Waals surface area contributed by atoms with E-state index in [0.29, 0.717) is 0 Å². The molecule has 0 saturated heterocycles. The van der Waals surface area contributed by atoms with Gasteiger partial charge in [0, 0.05) is 16.8 Å². The van der Waals surface area contributed by atoms with E-state index >= 15 is 0 Å². The Labute approximate surface area is 170 Å². The molecule has 1 heterocycles. The Morgan fingerprint density at radius 2 is 1.24 bits per heavy atom. The van der Waals surface area contributed by atoms with Crippen molar-refractivity contribution in [2.24, 2.45) is 0 Å². The molecule has 2 heteroatoms. The van der Waals surface area contributed by atoms with Crippen LogP contribution in [0.25, 0.3) is 11.0 Å². The second kappa shape index (κ2) is 7.69. The molecule has 0 amide bonds. The number of hydrogen-bond donors (Lipinski definition) is 0. The Balaban J connectivity index is 1.61. The van der Waals surface area contributed by atoms with Crippen LogP contribution in [-0.4, -0.2) is 0 Å². The molecule has 0 fully saturated rings. The average Bonchev–Trinajstić information content (AvgIpc) is 3.20. The number of furan rings is 1. The van der Waals surface area contributed by atoms with E-state index < -0.39 is 0 Å². The van der Waals surface area contributed by atoms with Gasteiger partial charge in [-0.05, 0) is 53.9 Å². The van der Waals surface area contributed by atoms with Gasteiger partial charge in [-0.15, -0.1) is 0 Å². The van der Waals surface area contributed by atoms with Crippen LogP contribution in [0.15, 0.2) is 120 Å². The van der Waals surface area contributed by atoms with Crippen LogP contribution < -0.4 is 4.90 Å². The highest BCUT2D eigenvalue weighted by Crippen LogP contribution is 2.40. The molecule has 2 nitrogen and oxygen atoms in total. The van der Waals surface area contributed by atoms with Crippen LogP contribution in [0.2, 0.25) is 0 Å². The minimum Gasteiger partial charge on any atom is -0.462 e. The molecule has 0 unspecified atom stereocenters. The summed E-state index contributed by atoms with van der Waals surface area (Å²) >= 11 is 0. The Morgan fingerprint density at radius 1 is 0.586 bits per heavy atom. The van der Waals surface area contributed by atoms with Gasteiger partial charge in [0.2, 0.25) is 0 Å². The van der Waals surface area contributed by atoms with E-state index in [9.17, 15) is 0 Å². The molecule has 0 saturated carbocycles. The molecule has 0 aliphatic carbocycles. The molecule has 5 aromatic rings. The van der Waals surface area contributed by atoms with Crippen LogP contribution in [0.3, 0.4) is 0 Å². The zero-order valence-corrected chi connectivity index (χ0v) is 16.0. The Bertz CT molecular complexity index is 1230. The second-order valence-corrected chi connectivity index (χ2v) is 7.12. The fourth-order valence-electron chi connectivity index (χ4n) is 3.78. The van der Waals surface area contributed by atoms with Gasteiger partial charge >= 0.3 is 0 Å². The zero-order valence-electron chi connectivity index (χ0n) is 16.0. The summed E-state index contributed by atoms with van der Waals surface area (Å²) in [5.74, 6) is 0. The van der Waals surface area contributed by atoms with E-state index in [2.05, 4.69) is 95.9 Å². The van der Waals surface area contributed by atoms with Gasteiger partial charge in [0.05, 0.1) is 5.69 Å². The van der Waals surface area contributed by atoms with Crippen molar-refractivity contribution >= 4 is 28.0 Å². The maximum absolute atomic E-state index is 5.86. The molecule has 0 N–H and O–H groups in total. The Hall–Kier alpha value is -3.78. The summed E-state index contributed by atoms with van der Waals surface area (Å²) in [5, 5.41) is 1.10. The molecule has 0 aliphatic rings. The Morgan fingerprint density at radius 3 is 2.07 bits per heavy atom. The van der Waals surface area contributed by atoms with Gasteiger partial charge in [-0.1, -0.05) is 72.8 Å². The quantitative estimate of drug-likeness (QED) is 0.316. The Kier molecular flexibility index (Phi) is 4.59. The number of hydrogen-bond acceptors (Lipinski definition) is 2. The van der Waals surface area contributed by atoms with Crippen molar-refractivity contribution in [2.75, 3.05) is 4.90 Å². The van der Waals surface area contributed by atoms with Crippen molar-refractivity contribution < 1.29 is 4.42 Å². The smallest absolute Gasteiger partial charge is 0.136 e. The maximum Gasteiger partial charge on any atom is 0.136 e. The van der Waals surface area contributed by atoms with E-state index in [1.165, 1.54) is 11.1 Å². The zero-order chi connectivity index (χ0) is 19.5. The fraction of sp³-hybridized carbons (Fsp3) is 0.0370. The highest BCUT2D eigenvalue weighted by Gasteiger charge is 2.17. The lowest BCUT2D eigenvalue weighted by Crippen LogP contribution is -2.09. The number of benzene rings is 4. The average molecular weight is 375 g/mol. The first-order chi connectivity index (χ1) is 14.4. The van der Waals surface area contributed by atoms with Crippen molar-refractivity contribution in [3.63, 3.8) is 0 Å². The number of nitrogens with zero attached hydrogens (tertiary/aromatic N) is 1. The lowest BCUT2D eigenvalue weighted by molar-refractivity contribution is 0.616. The maximum atomic E-state index is 5.86. The van der Waals surface area contributed by atoms with Gasteiger partial charge in [0.1, 0.15) is 11.8 Å². The standard InChI is InChI=1S/C27H21NO/c1-3-10-21(11-4-1)18-22-12-9-15-24(19-22)28(23-13-5-2-6-14-23)26-20-29-27-17-8-7-16-25(26)27/h1-17,19-20H,18H2. The van der Waals surface area contributed by atoms with Gasteiger partial charge in [0.25, 0.3) is 0 Å². The summed E-state index contributed by atoms with van der Waals surface area (Å²) in [5.41, 5.74) is 6.76. The van der Waals surface area contributed by atoms with Crippen LogP contribution in [0.1, 0.15) is 11.1 Å². The molecule has 4 aromatic carbocycles. The van der Waals surface area contributed by atoms with Gasteiger partial charge in [-0.3, -0.25) is 0 Å². The van der Waals surface area contributed by atoms with Crippen molar-refractivity contribution in [3.8, 4) is 0 Å². The summed E-state index contributed by atoms with van der Waals surface area (Å²) in [6.45, 7) is 0. The van der Waals surface area contributed by atoms with Crippen molar-refractivity contribution in [2.45, 2.75) is 6.42 Å². The predicted molar refractivity (Wildman–Crippen MR) is 120 cm³/mol. The molecule has 0 atom stereocenters. The van der Waals surface area contributed by atoms with E-state index in [4.69, 9.17) is 4.42 Å². The van der Waals surface area contributed by atoms with Gasteiger partial charge in [-0.25, -0.2) is 0 Å². The van der Waals surface area contributed by atoms with Crippen molar-refractivity contribution in [3.05, 3.63) is 127 Å². The van der Waals surface area contributed by atoms with Gasteiger partial charge < -0.3 is 9.32 Å². The number of fused-ring (bicyclic) bond motifs is 1. The molecule has 140 valence electrons. The first-order valence-corrected chi connectivity index (χ1v) is 9.83. The third-order valence-electron chi connectivity index (χ3n) is 5.14. The topological polar surface area (TPSA) is 16.4 Å². The van der Waals surface area contributed by atoms with Crippen LogP contribution in [0.5, 0.6) is 0 Å². The minimum absolute atomic E-state index is 0.892. The highest BCUT2D eigenvalue weighted by molar-refractivity contribution is 5.96. The summed E-state index contributed by atoms with van der Waals surface area (Å²) < 4.78 is 5.86. The highest BCUT2D eigenvalue weighted by atomic mass is 16.3. The van der Waals surface area contributed by atoms with E-state index in [-0.39, 0.29) is 0 Å². The monoisotopic (exact) mass is 375 g/mol. The third-order valence-corrected chi connectivity index (χ3v) is 5.14. The number of rotatable bonds is 5. The lowest BCUT2D eigenvalue weighted by Gasteiger charge is -2.24. The fourth-order valence-corrected chi connectivity index (χ4v) is 3.78. The SMILES string of the molecule is c1ccc(Cc2cccc(N(c3ccccc3)c3coc4ccccc34)c2)cc1. The van der Waals surface area contributed by atoms with E-state index in [1.54, 1.807) is 0 Å². The van der Waals surface area contributed by atoms with Crippen LogP contribution in [0.4, 0.5) is 17.1 Å². The molecular formula is C27H21NO. The van der Waals surface area contributed by atoms with Gasteiger partial charge in [0.15, 0.2) is 0 Å². The molecule has 29 heavy (non-hydrogen) atoms. The lowest BCUT2D eigenvalue weighted by atomic mass is 10.0. The summed E-state index contributed by atoms with van der Waals surface area (Å²) in [4.78, 5) is 2.26.